The molecule has 0 saturated carbocycles. The fourth-order valence-electron chi connectivity index (χ4n) is 3.26. The molecule has 2 aromatic carbocycles. The lowest BCUT2D eigenvalue weighted by Gasteiger charge is -2.34. The van der Waals surface area contributed by atoms with Crippen molar-refractivity contribution < 1.29 is 18.5 Å². The lowest BCUT2D eigenvalue weighted by atomic mass is 9.88. The Kier molecular flexibility index (Phi) is 6.19. The zero-order valence-corrected chi connectivity index (χ0v) is 19.0. The van der Waals surface area contributed by atoms with Crippen LogP contribution in [0.1, 0.15) is 52.2 Å². The third-order valence-electron chi connectivity index (χ3n) is 4.98. The molecule has 0 aliphatic rings. The van der Waals surface area contributed by atoms with Crippen LogP contribution in [0.25, 0.3) is 21.9 Å². The minimum atomic E-state index is -1.38. The number of hydrogen-bond donors (Lipinski definition) is 1. The molecular weight excluding hydrogens is 398 g/mol. The lowest BCUT2D eigenvalue weighted by molar-refractivity contribution is -0.142. The lowest BCUT2D eigenvalue weighted by Crippen LogP contribution is -2.50. The number of furan rings is 1. The summed E-state index contributed by atoms with van der Waals surface area (Å²) in [5.74, 6) is 5.60. The van der Waals surface area contributed by atoms with Gasteiger partial charge in [0.05, 0.1) is 19.1 Å². The molecule has 0 aliphatic carbocycles. The third kappa shape index (κ3) is 4.49. The summed E-state index contributed by atoms with van der Waals surface area (Å²) in [5.41, 5.74) is 2.36. The topological polar surface area (TPSA) is 74.5 Å². The third-order valence-corrected chi connectivity index (χ3v) is 6.72. The molecule has 3 aromatic rings. The van der Waals surface area contributed by atoms with E-state index in [1.54, 1.807) is 6.92 Å². The summed E-state index contributed by atoms with van der Waals surface area (Å²) in [4.78, 5) is 12.2. The highest BCUT2D eigenvalue weighted by Gasteiger charge is 2.39. The van der Waals surface area contributed by atoms with Crippen LogP contribution < -0.4 is 4.72 Å². The highest BCUT2D eigenvalue weighted by Crippen LogP contribution is 2.35. The highest BCUT2D eigenvalue weighted by molar-refractivity contribution is 7.90. The van der Waals surface area contributed by atoms with Crippen LogP contribution in [0.4, 0.5) is 0 Å². The molecule has 30 heavy (non-hydrogen) atoms. The van der Waals surface area contributed by atoms with Crippen molar-refractivity contribution in [1.82, 2.24) is 4.72 Å². The second-order valence-electron chi connectivity index (χ2n) is 8.47. The first-order valence-corrected chi connectivity index (χ1v) is 10.9. The second-order valence-corrected chi connectivity index (χ2v) is 10.4. The molecule has 1 heterocycles. The maximum Gasteiger partial charge on any atom is 0.307 e. The van der Waals surface area contributed by atoms with Crippen LogP contribution in [-0.4, -0.2) is 22.4 Å². The van der Waals surface area contributed by atoms with Crippen molar-refractivity contribution in [2.45, 2.75) is 51.3 Å². The van der Waals surface area contributed by atoms with Crippen LogP contribution in [0, 0.1) is 11.8 Å². The Balaban J connectivity index is 2.14. The normalized spacial score (nSPS) is 14.8. The average Bonchev–Trinajstić information content (AvgIpc) is 3.04. The number of carbonyl (C=O) groups excluding carboxylic acids is 1. The number of fused-ring (bicyclic) bond motifs is 3. The summed E-state index contributed by atoms with van der Waals surface area (Å²) in [6.07, 6.45) is 0.0408. The van der Waals surface area contributed by atoms with Gasteiger partial charge in [-0.25, -0.2) is 0 Å². The summed E-state index contributed by atoms with van der Waals surface area (Å²) >= 11 is -1.38. The molecule has 2 atom stereocenters. The van der Waals surface area contributed by atoms with E-state index in [0.717, 1.165) is 33.1 Å². The van der Waals surface area contributed by atoms with Crippen molar-refractivity contribution in [3.8, 4) is 11.8 Å². The van der Waals surface area contributed by atoms with Gasteiger partial charge in [0.15, 0.2) is 0 Å². The van der Waals surface area contributed by atoms with Gasteiger partial charge in [-0.1, -0.05) is 12.0 Å². The molecule has 3 rings (SSSR count). The van der Waals surface area contributed by atoms with E-state index in [9.17, 15) is 9.35 Å². The molecule has 0 aliphatic heterocycles. The van der Waals surface area contributed by atoms with Crippen LogP contribution in [0.5, 0.6) is 0 Å². The van der Waals surface area contributed by atoms with E-state index in [1.807, 2.05) is 64.1 Å². The predicted octanol–water partition coefficient (Wildman–Crippen LogP) is 4.79. The van der Waals surface area contributed by atoms with Crippen LogP contribution in [-0.2, 0) is 26.4 Å². The van der Waals surface area contributed by atoms with Gasteiger partial charge in [-0.3, -0.25) is 4.79 Å². The molecule has 0 radical (unpaired) electrons. The second kappa shape index (κ2) is 8.35. The number of hydrogen-bond acceptors (Lipinski definition) is 5. The minimum absolute atomic E-state index is 0.0408. The molecule has 5 nitrogen and oxygen atoms in total. The van der Waals surface area contributed by atoms with E-state index in [-0.39, 0.29) is 12.4 Å². The first kappa shape index (κ1) is 22.2. The standard InChI is InChI=1S/C24H27NO4S/c1-7-8-16-9-11-20-18(13-16)19-14-17(10-12-21(19)29-20)24(5,15-22(26)28-6)25-30(27)23(2,3)4/h9-14,25H,15H2,1-6H3/t24?,30-/m1/s1. The Bertz CT molecular complexity index is 1150. The van der Waals surface area contributed by atoms with E-state index in [1.165, 1.54) is 7.11 Å². The molecule has 1 aromatic heterocycles. The number of esters is 1. The molecule has 0 bridgehead atoms. The maximum absolute atomic E-state index is 12.9. The van der Waals surface area contributed by atoms with Gasteiger partial charge in [0, 0.05) is 27.7 Å². The summed E-state index contributed by atoms with van der Waals surface area (Å²) in [5, 5.41) is 1.87. The van der Waals surface area contributed by atoms with Gasteiger partial charge in [-0.05, 0) is 70.5 Å². The van der Waals surface area contributed by atoms with E-state index in [0.29, 0.717) is 0 Å². The van der Waals surface area contributed by atoms with E-state index >= 15 is 0 Å². The average molecular weight is 426 g/mol. The molecule has 0 fully saturated rings. The summed E-state index contributed by atoms with van der Waals surface area (Å²) < 4.78 is 26.4. The monoisotopic (exact) mass is 425 g/mol. The number of rotatable bonds is 5. The number of carbonyl (C=O) groups is 1. The molecule has 0 saturated heterocycles. The number of nitrogens with one attached hydrogen (secondary N) is 1. The van der Waals surface area contributed by atoms with E-state index in [4.69, 9.17) is 9.15 Å². The molecular formula is C24H27NO4S. The van der Waals surface area contributed by atoms with Crippen LogP contribution in [0.2, 0.25) is 0 Å². The van der Waals surface area contributed by atoms with Gasteiger partial charge >= 0.3 is 5.97 Å². The van der Waals surface area contributed by atoms with E-state index < -0.39 is 21.6 Å². The predicted molar refractivity (Wildman–Crippen MR) is 121 cm³/mol. The number of methoxy groups -OCH3 is 1. The van der Waals surface area contributed by atoms with Crippen molar-refractivity contribution in [1.29, 1.82) is 0 Å². The van der Waals surface area contributed by atoms with E-state index in [2.05, 4.69) is 16.6 Å². The van der Waals surface area contributed by atoms with Crippen molar-refractivity contribution in [2.24, 2.45) is 0 Å². The van der Waals surface area contributed by atoms with Crippen molar-refractivity contribution in [3.05, 3.63) is 47.5 Å². The van der Waals surface area contributed by atoms with Crippen molar-refractivity contribution in [2.75, 3.05) is 7.11 Å². The van der Waals surface area contributed by atoms with Crippen LogP contribution in [0.3, 0.4) is 0 Å². The Hall–Kier alpha value is -2.46. The van der Waals surface area contributed by atoms with Gasteiger partial charge in [0.25, 0.3) is 0 Å². The Labute approximate surface area is 180 Å². The SMILES string of the molecule is CC#Cc1ccc2oc3ccc(C(C)(CC(=O)OC)N[S@+]([O-])C(C)(C)C)cc3c2c1. The Morgan fingerprint density at radius 2 is 1.77 bits per heavy atom. The van der Waals surface area contributed by atoms with Crippen LogP contribution in [0.15, 0.2) is 40.8 Å². The molecule has 1 N–H and O–H groups in total. The first-order chi connectivity index (χ1) is 14.1. The largest absolute Gasteiger partial charge is 0.598 e. The maximum atomic E-state index is 12.9. The van der Waals surface area contributed by atoms with Gasteiger partial charge in [0.2, 0.25) is 0 Å². The van der Waals surface area contributed by atoms with Crippen molar-refractivity contribution >= 4 is 39.3 Å². The Morgan fingerprint density at radius 1 is 1.13 bits per heavy atom. The fourth-order valence-corrected chi connectivity index (χ4v) is 4.16. The van der Waals surface area contributed by atoms with Gasteiger partial charge in [-0.2, -0.15) is 0 Å². The summed E-state index contributed by atoms with van der Waals surface area (Å²) in [7, 11) is 1.35. The molecule has 0 amide bonds. The first-order valence-electron chi connectivity index (χ1n) is 9.73. The quantitative estimate of drug-likeness (QED) is 0.361. The smallest absolute Gasteiger partial charge is 0.307 e. The molecule has 158 valence electrons. The molecule has 0 spiro atoms. The Morgan fingerprint density at radius 3 is 2.37 bits per heavy atom. The van der Waals surface area contributed by atoms with Gasteiger partial charge in [-0.15, -0.1) is 10.6 Å². The minimum Gasteiger partial charge on any atom is -0.598 e. The summed E-state index contributed by atoms with van der Waals surface area (Å²) in [6, 6.07) is 11.6. The van der Waals surface area contributed by atoms with Gasteiger partial charge in [0.1, 0.15) is 15.9 Å². The summed E-state index contributed by atoms with van der Waals surface area (Å²) in [6.45, 7) is 9.33. The van der Waals surface area contributed by atoms with Crippen molar-refractivity contribution in [3.63, 3.8) is 0 Å². The molecule has 1 unspecified atom stereocenters. The fraction of sp³-hybridized carbons (Fsp3) is 0.375. The number of benzene rings is 2. The number of ether oxygens (including phenoxy) is 1. The zero-order valence-electron chi connectivity index (χ0n) is 18.2. The van der Waals surface area contributed by atoms with Crippen LogP contribution >= 0.6 is 0 Å². The van der Waals surface area contributed by atoms with Gasteiger partial charge < -0.3 is 13.7 Å². The zero-order chi connectivity index (χ0) is 22.1. The highest BCUT2D eigenvalue weighted by atomic mass is 32.2. The molecule has 6 heteroatoms.